The highest BCUT2D eigenvalue weighted by molar-refractivity contribution is 5.94. The molecule has 6 nitrogen and oxygen atoms in total. The van der Waals surface area contributed by atoms with Crippen LogP contribution in [-0.4, -0.2) is 52.0 Å². The smallest absolute Gasteiger partial charge is 0.255 e. The lowest BCUT2D eigenvalue weighted by atomic mass is 10.1. The van der Waals surface area contributed by atoms with E-state index >= 15 is 0 Å². The second kappa shape index (κ2) is 6.67. The van der Waals surface area contributed by atoms with Gasteiger partial charge in [0.2, 0.25) is 5.91 Å². The second-order valence-electron chi connectivity index (χ2n) is 5.49. The quantitative estimate of drug-likeness (QED) is 0.831. The van der Waals surface area contributed by atoms with Crippen LogP contribution in [0.15, 0.2) is 18.5 Å². The Morgan fingerprint density at radius 1 is 1.33 bits per heavy atom. The summed E-state index contributed by atoms with van der Waals surface area (Å²) in [6.45, 7) is 4.31. The van der Waals surface area contributed by atoms with Crippen LogP contribution in [0, 0.1) is 6.92 Å². The zero-order valence-corrected chi connectivity index (χ0v) is 12.4. The van der Waals surface area contributed by atoms with Crippen molar-refractivity contribution in [3.8, 4) is 0 Å². The summed E-state index contributed by atoms with van der Waals surface area (Å²) in [5.41, 5.74) is 1.49. The Bertz CT molecular complexity index is 533. The molecule has 1 aromatic heterocycles. The van der Waals surface area contributed by atoms with Gasteiger partial charge in [-0.25, -0.2) is 0 Å². The van der Waals surface area contributed by atoms with Crippen LogP contribution in [0.5, 0.6) is 0 Å². The Morgan fingerprint density at radius 3 is 2.71 bits per heavy atom. The van der Waals surface area contributed by atoms with Crippen molar-refractivity contribution in [3.63, 3.8) is 0 Å². The first-order chi connectivity index (χ1) is 9.97. The zero-order valence-electron chi connectivity index (χ0n) is 12.4. The lowest BCUT2D eigenvalue weighted by Crippen LogP contribution is -2.42. The van der Waals surface area contributed by atoms with E-state index in [1.54, 1.807) is 17.3 Å². The van der Waals surface area contributed by atoms with Gasteiger partial charge < -0.3 is 15.3 Å². The van der Waals surface area contributed by atoms with Crippen molar-refractivity contribution < 1.29 is 14.7 Å². The molecule has 0 saturated carbocycles. The van der Waals surface area contributed by atoms with Crippen LogP contribution >= 0.6 is 0 Å². The number of hydrogen-bond acceptors (Lipinski definition) is 4. The van der Waals surface area contributed by atoms with Gasteiger partial charge in [0.05, 0.1) is 17.7 Å². The number of likely N-dealkylation sites (tertiary alicyclic amines) is 1. The normalized spacial score (nSPS) is 22.5. The largest absolute Gasteiger partial charge is 0.391 e. The van der Waals surface area contributed by atoms with Crippen molar-refractivity contribution in [3.05, 3.63) is 29.6 Å². The Hall–Kier alpha value is -1.95. The first kappa shape index (κ1) is 15.4. The van der Waals surface area contributed by atoms with E-state index in [1.807, 2.05) is 13.0 Å². The Balaban J connectivity index is 2.05. The number of carbonyl (C=O) groups is 2. The number of amides is 2. The molecule has 1 aromatic rings. The van der Waals surface area contributed by atoms with E-state index in [2.05, 4.69) is 10.3 Å². The van der Waals surface area contributed by atoms with Crippen LogP contribution < -0.4 is 5.32 Å². The standard InChI is InChI=1S/C15H21N3O3/c1-10-7-12(9-16-8-10)15(21)18-5-3-13(17-11(2)19)14(20)4-6-18/h7-9,13-14,20H,3-6H2,1-2H3,(H,17,19)/t13-,14-/m0/s1. The maximum absolute atomic E-state index is 12.5. The fourth-order valence-corrected chi connectivity index (χ4v) is 2.58. The second-order valence-corrected chi connectivity index (χ2v) is 5.49. The lowest BCUT2D eigenvalue weighted by Gasteiger charge is -2.21. The number of aryl methyl sites for hydroxylation is 1. The Morgan fingerprint density at radius 2 is 2.05 bits per heavy atom. The predicted octanol–water partition coefficient (Wildman–Crippen LogP) is 0.492. The maximum atomic E-state index is 12.5. The minimum absolute atomic E-state index is 0.0816. The van der Waals surface area contributed by atoms with Crippen molar-refractivity contribution in [1.29, 1.82) is 0 Å². The van der Waals surface area contributed by atoms with Crippen LogP contribution in [0.2, 0.25) is 0 Å². The summed E-state index contributed by atoms with van der Waals surface area (Å²) in [7, 11) is 0. The number of nitrogens with one attached hydrogen (secondary N) is 1. The van der Waals surface area contributed by atoms with Gasteiger partial charge in [-0.1, -0.05) is 0 Å². The van der Waals surface area contributed by atoms with Gasteiger partial charge in [-0.05, 0) is 31.4 Å². The molecule has 0 unspecified atom stereocenters. The third-order valence-corrected chi connectivity index (χ3v) is 3.67. The summed E-state index contributed by atoms with van der Waals surface area (Å²) in [5, 5.41) is 12.8. The highest BCUT2D eigenvalue weighted by Crippen LogP contribution is 2.15. The van der Waals surface area contributed by atoms with Crippen LogP contribution in [0.1, 0.15) is 35.7 Å². The third-order valence-electron chi connectivity index (χ3n) is 3.67. The molecule has 2 rings (SSSR count). The van der Waals surface area contributed by atoms with Gasteiger partial charge in [0.15, 0.2) is 0 Å². The first-order valence-corrected chi connectivity index (χ1v) is 7.13. The maximum Gasteiger partial charge on any atom is 0.255 e. The van der Waals surface area contributed by atoms with Crippen molar-refractivity contribution in [2.24, 2.45) is 0 Å². The van der Waals surface area contributed by atoms with Crippen molar-refractivity contribution in [1.82, 2.24) is 15.2 Å². The van der Waals surface area contributed by atoms with E-state index in [-0.39, 0.29) is 17.9 Å². The van der Waals surface area contributed by atoms with E-state index in [4.69, 9.17) is 0 Å². The number of aliphatic hydroxyl groups excluding tert-OH is 1. The number of nitrogens with zero attached hydrogens (tertiary/aromatic N) is 2. The molecule has 114 valence electrons. The minimum Gasteiger partial charge on any atom is -0.391 e. The number of aromatic nitrogens is 1. The fraction of sp³-hybridized carbons (Fsp3) is 0.533. The third kappa shape index (κ3) is 4.01. The van der Waals surface area contributed by atoms with Crippen LogP contribution in [0.4, 0.5) is 0 Å². The van der Waals surface area contributed by atoms with E-state index in [0.29, 0.717) is 31.5 Å². The van der Waals surface area contributed by atoms with Crippen LogP contribution in [0.25, 0.3) is 0 Å². The fourth-order valence-electron chi connectivity index (χ4n) is 2.58. The SMILES string of the molecule is CC(=O)N[C@H]1CCN(C(=O)c2cncc(C)c2)CC[C@@H]1O. The number of pyridine rings is 1. The van der Waals surface area contributed by atoms with Crippen molar-refractivity contribution >= 4 is 11.8 Å². The zero-order chi connectivity index (χ0) is 15.4. The number of carbonyl (C=O) groups excluding carboxylic acids is 2. The van der Waals surface area contributed by atoms with Gasteiger partial charge in [-0.3, -0.25) is 14.6 Å². The molecule has 21 heavy (non-hydrogen) atoms. The molecular weight excluding hydrogens is 270 g/mol. The van der Waals surface area contributed by atoms with Crippen LogP contribution in [-0.2, 0) is 4.79 Å². The summed E-state index contributed by atoms with van der Waals surface area (Å²) < 4.78 is 0. The molecule has 0 spiro atoms. The number of hydrogen-bond donors (Lipinski definition) is 2. The molecule has 0 bridgehead atoms. The van der Waals surface area contributed by atoms with Gasteiger partial charge in [0, 0.05) is 32.4 Å². The van der Waals surface area contributed by atoms with E-state index in [1.165, 1.54) is 6.92 Å². The molecule has 0 aromatic carbocycles. The van der Waals surface area contributed by atoms with E-state index < -0.39 is 6.10 Å². The van der Waals surface area contributed by atoms with Gasteiger partial charge in [-0.15, -0.1) is 0 Å². The molecule has 1 saturated heterocycles. The van der Waals surface area contributed by atoms with Gasteiger partial charge in [0.1, 0.15) is 0 Å². The van der Waals surface area contributed by atoms with Crippen LogP contribution in [0.3, 0.4) is 0 Å². The van der Waals surface area contributed by atoms with Gasteiger partial charge in [0.25, 0.3) is 5.91 Å². The van der Waals surface area contributed by atoms with Gasteiger partial charge in [-0.2, -0.15) is 0 Å². The molecule has 6 heteroatoms. The van der Waals surface area contributed by atoms with Crippen molar-refractivity contribution in [2.75, 3.05) is 13.1 Å². The van der Waals surface area contributed by atoms with Crippen molar-refractivity contribution in [2.45, 2.75) is 38.8 Å². The predicted molar refractivity (Wildman–Crippen MR) is 77.7 cm³/mol. The molecule has 2 amide bonds. The molecule has 0 aliphatic carbocycles. The summed E-state index contributed by atoms with van der Waals surface area (Å²) in [6, 6.07) is 1.51. The highest BCUT2D eigenvalue weighted by atomic mass is 16.3. The molecule has 1 fully saturated rings. The first-order valence-electron chi connectivity index (χ1n) is 7.13. The lowest BCUT2D eigenvalue weighted by molar-refractivity contribution is -0.120. The molecule has 0 radical (unpaired) electrons. The average Bonchev–Trinajstić information content (AvgIpc) is 2.61. The highest BCUT2D eigenvalue weighted by Gasteiger charge is 2.27. The molecule has 1 aliphatic rings. The summed E-state index contributed by atoms with van der Waals surface area (Å²) in [4.78, 5) is 29.3. The average molecular weight is 291 g/mol. The monoisotopic (exact) mass is 291 g/mol. The summed E-state index contributed by atoms with van der Waals surface area (Å²) in [5.74, 6) is -0.247. The topological polar surface area (TPSA) is 82.5 Å². The molecule has 2 atom stereocenters. The molecular formula is C15H21N3O3. The minimum atomic E-state index is -0.623. The Labute approximate surface area is 124 Å². The molecule has 2 N–H and O–H groups in total. The van der Waals surface area contributed by atoms with E-state index in [9.17, 15) is 14.7 Å². The van der Waals surface area contributed by atoms with E-state index in [0.717, 1.165) is 5.56 Å². The number of rotatable bonds is 2. The molecule has 2 heterocycles. The summed E-state index contributed by atoms with van der Waals surface area (Å²) in [6.07, 6.45) is 3.64. The summed E-state index contributed by atoms with van der Waals surface area (Å²) >= 11 is 0. The Kier molecular flexibility index (Phi) is 4.90. The number of aliphatic hydroxyl groups is 1. The van der Waals surface area contributed by atoms with Gasteiger partial charge >= 0.3 is 0 Å². The molecule has 1 aliphatic heterocycles.